The summed E-state index contributed by atoms with van der Waals surface area (Å²) in [7, 11) is 0. The number of nitrogens with two attached hydrogens (primary N) is 1. The molecule has 26 nitrogen and oxygen atoms in total. The number of imide groups is 1. The van der Waals surface area contributed by atoms with E-state index in [1.807, 2.05) is 19.1 Å². The monoisotopic (exact) mass is 1350 g/mol. The number of carbonyl (C=O) groups is 8. The molecule has 0 bridgehead atoms. The predicted octanol–water partition coefficient (Wildman–Crippen LogP) is 6.31. The maximum absolute atomic E-state index is 13.9. The van der Waals surface area contributed by atoms with Crippen LogP contribution in [0.1, 0.15) is 123 Å². The van der Waals surface area contributed by atoms with Crippen LogP contribution in [0, 0.1) is 5.92 Å². The first kappa shape index (κ1) is 71.7. The van der Waals surface area contributed by atoms with Crippen molar-refractivity contribution in [3.8, 4) is 40.1 Å². The number of aromatic nitrogens is 2. The second-order valence-corrected chi connectivity index (χ2v) is 25.5. The summed E-state index contributed by atoms with van der Waals surface area (Å²) in [6.07, 6.45) is 2.12. The molecule has 27 heteroatoms. The number of amides is 7. The maximum atomic E-state index is 13.9. The Kier molecular flexibility index (Phi) is 24.3. The average molecular weight is 1360 g/mol. The van der Waals surface area contributed by atoms with Crippen LogP contribution in [0.15, 0.2) is 89.7 Å². The molecule has 5 heterocycles. The van der Waals surface area contributed by atoms with Crippen molar-refractivity contribution in [1.82, 2.24) is 30.4 Å². The number of pyridine rings is 2. The molecule has 7 amide bonds. The number of hydrogen-bond donors (Lipinski definition) is 9. The summed E-state index contributed by atoms with van der Waals surface area (Å²) in [5, 5.41) is 52.9. The molecule has 2 aromatic heterocycles. The third kappa shape index (κ3) is 17.7. The van der Waals surface area contributed by atoms with Crippen LogP contribution in [0.4, 0.5) is 10.5 Å². The topological polar surface area (TPSA) is 376 Å². The van der Waals surface area contributed by atoms with E-state index in [1.165, 1.54) is 40.9 Å². The zero-order valence-corrected chi connectivity index (χ0v) is 55.4. The molecule has 1 fully saturated rings. The van der Waals surface area contributed by atoms with E-state index in [9.17, 15) is 63.6 Å². The minimum atomic E-state index is -1.94. The summed E-state index contributed by atoms with van der Waals surface area (Å²) < 4.78 is 29.9. The van der Waals surface area contributed by atoms with Gasteiger partial charge in [-0.05, 0) is 116 Å². The molecule has 4 atom stereocenters. The lowest BCUT2D eigenvalue weighted by Crippen LogP contribution is -2.54. The highest BCUT2D eigenvalue weighted by atomic mass is 32.2. The number of nitrogens with one attached hydrogen (secondary N) is 4. The van der Waals surface area contributed by atoms with Gasteiger partial charge in [0.25, 0.3) is 5.56 Å². The summed E-state index contributed by atoms with van der Waals surface area (Å²) in [5.41, 5.74) is 8.97. The van der Waals surface area contributed by atoms with Crippen LogP contribution in [-0.4, -0.2) is 151 Å². The highest BCUT2D eigenvalue weighted by Gasteiger charge is 2.46. The number of Topliss-reactive ketones (excluding diaryl/α,β-unsaturated/α-hetero) is 1. The summed E-state index contributed by atoms with van der Waals surface area (Å²) in [6, 6.07) is 20.2. The van der Waals surface area contributed by atoms with Gasteiger partial charge in [0, 0.05) is 72.4 Å². The van der Waals surface area contributed by atoms with E-state index in [1.54, 1.807) is 73.9 Å². The lowest BCUT2D eigenvalue weighted by Gasteiger charge is -2.31. The number of rotatable bonds is 35. The highest BCUT2D eigenvalue weighted by Crippen LogP contribution is 2.41. The largest absolute Gasteiger partial charge is 0.508 e. The van der Waals surface area contributed by atoms with Gasteiger partial charge in [0.2, 0.25) is 29.5 Å². The third-order valence-electron chi connectivity index (χ3n) is 17.2. The number of nitrogens with zero attached hydrogens (tertiary/aromatic N) is 3. The fourth-order valence-corrected chi connectivity index (χ4v) is 12.9. The van der Waals surface area contributed by atoms with E-state index >= 15 is 0 Å². The number of hydrogen-bond acceptors (Lipinski definition) is 20. The van der Waals surface area contributed by atoms with Gasteiger partial charge in [-0.15, -0.1) is 11.8 Å². The molecule has 4 aromatic carbocycles. The number of ketones is 1. The zero-order chi connectivity index (χ0) is 69.5. The number of aliphatic hydroxyl groups is 1. The number of thioether (sulfide) groups is 1. The minimum Gasteiger partial charge on any atom is -0.508 e. The number of esters is 1. The van der Waals surface area contributed by atoms with Gasteiger partial charge in [0.15, 0.2) is 11.4 Å². The Morgan fingerprint density at radius 3 is 2.21 bits per heavy atom. The van der Waals surface area contributed by atoms with Crippen molar-refractivity contribution in [3.05, 3.63) is 134 Å². The molecule has 3 aliphatic rings. The van der Waals surface area contributed by atoms with Crippen LogP contribution in [0.25, 0.3) is 22.3 Å². The Hall–Kier alpha value is -9.57. The zero-order valence-electron chi connectivity index (χ0n) is 54.6. The summed E-state index contributed by atoms with van der Waals surface area (Å²) >= 11 is 1.31. The molecular formula is C70H82N8O18S. The Bertz CT molecular complexity index is 3950. The summed E-state index contributed by atoms with van der Waals surface area (Å²) in [6.45, 7) is 8.66. The number of cyclic esters (lactones) is 1. The molecule has 0 aliphatic carbocycles. The molecule has 1 unspecified atom stereocenters. The fraction of sp³-hybridized carbons (Fsp3) is 0.429. The number of likely N-dealkylation sites (tertiary alicyclic amines) is 1. The molecule has 10 N–H and O–H groups in total. The van der Waals surface area contributed by atoms with Gasteiger partial charge >= 0.3 is 12.0 Å². The number of carbonyl (C=O) groups excluding carboxylic acids is 8. The van der Waals surface area contributed by atoms with Gasteiger partial charge in [-0.1, -0.05) is 52.0 Å². The standard InChI is InChI=1S/C70H82N8O18S/c1-5-47-48-32-45(21-22-52(48)74-63-49(47)37-78-54(63)35-51-50(66(78)87)39-96-68(89)70(51,91)6-2)95-38-42-12-17-43(18-13-42)73-64(85)53(10-9-24-72-69(71)90)75-65(86)62(40(3)4)76-59(83)11-7-8-25-77-60(84)36-58(67(77)88)97-31-30-93-27-26-92-28-29-94-46-33-56(81)61(57(82)34-46)55(80)23-16-41-14-19-44(79)20-15-41/h12-15,17-22,32-35,40,53,58,62,79,81-82,91H,5-11,16,23-31,36-39H2,1-4H3,(H,73,85)(H,75,86)(H,76,83)(H3,71,72,90)/t53-,58?,62-,70-/m0/s1. The van der Waals surface area contributed by atoms with Crippen LogP contribution in [0.3, 0.4) is 0 Å². The van der Waals surface area contributed by atoms with Crippen LogP contribution >= 0.6 is 11.8 Å². The average Bonchev–Trinajstić information content (AvgIpc) is 1.62. The second kappa shape index (κ2) is 32.9. The van der Waals surface area contributed by atoms with Crippen molar-refractivity contribution in [1.29, 1.82) is 0 Å². The Labute approximate surface area is 563 Å². The number of anilines is 1. The first-order valence-corrected chi connectivity index (χ1v) is 33.5. The van der Waals surface area contributed by atoms with Gasteiger partial charge in [0.05, 0.1) is 60.7 Å². The van der Waals surface area contributed by atoms with Crippen molar-refractivity contribution in [3.63, 3.8) is 0 Å². The number of aromatic hydroxyl groups is 3. The first-order chi connectivity index (χ1) is 46.6. The van der Waals surface area contributed by atoms with Crippen LogP contribution in [-0.2, 0) is 81.2 Å². The minimum absolute atomic E-state index is 0.00153. The van der Waals surface area contributed by atoms with E-state index in [4.69, 9.17) is 34.4 Å². The predicted molar refractivity (Wildman–Crippen MR) is 358 cm³/mol. The van der Waals surface area contributed by atoms with Crippen molar-refractivity contribution in [2.45, 2.75) is 135 Å². The van der Waals surface area contributed by atoms with Crippen molar-refractivity contribution in [2.24, 2.45) is 11.7 Å². The number of aryl methyl sites for hydroxylation is 2. The first-order valence-electron chi connectivity index (χ1n) is 32.5. The van der Waals surface area contributed by atoms with E-state index in [0.29, 0.717) is 66.4 Å². The molecule has 1 saturated heterocycles. The third-order valence-corrected chi connectivity index (χ3v) is 18.4. The van der Waals surface area contributed by atoms with Crippen molar-refractivity contribution in [2.75, 3.05) is 57.2 Å². The van der Waals surface area contributed by atoms with Crippen LogP contribution < -0.4 is 42.0 Å². The molecule has 9 rings (SSSR count). The highest BCUT2D eigenvalue weighted by molar-refractivity contribution is 8.00. The number of phenolic OH excluding ortho intramolecular Hbond substituents is 3. The lowest BCUT2D eigenvalue weighted by atomic mass is 9.86. The van der Waals surface area contributed by atoms with Crippen molar-refractivity contribution >= 4 is 75.7 Å². The number of urea groups is 1. The molecule has 0 saturated carbocycles. The quantitative estimate of drug-likeness (QED) is 0.00909. The molecule has 6 aromatic rings. The van der Waals surface area contributed by atoms with E-state index in [0.717, 1.165) is 27.6 Å². The lowest BCUT2D eigenvalue weighted by molar-refractivity contribution is -0.172. The Morgan fingerprint density at radius 2 is 1.51 bits per heavy atom. The van der Waals surface area contributed by atoms with Gasteiger partial charge in [-0.2, -0.15) is 0 Å². The van der Waals surface area contributed by atoms with Gasteiger partial charge in [-0.3, -0.25) is 38.5 Å². The summed E-state index contributed by atoms with van der Waals surface area (Å²) in [4.78, 5) is 124. The Balaban J connectivity index is 0.675. The number of unbranched alkanes of at least 4 members (excludes halogenated alkanes) is 1. The van der Waals surface area contributed by atoms with Crippen LogP contribution in [0.2, 0.25) is 0 Å². The van der Waals surface area contributed by atoms with E-state index < -0.39 is 75.9 Å². The molecular weight excluding hydrogens is 1270 g/mol. The van der Waals surface area contributed by atoms with Crippen LogP contribution in [0.5, 0.6) is 28.7 Å². The molecule has 0 radical (unpaired) electrons. The van der Waals surface area contributed by atoms with Crippen molar-refractivity contribution < 1.29 is 82.5 Å². The number of fused-ring (bicyclic) bond motifs is 5. The number of primary amides is 1. The molecule has 97 heavy (non-hydrogen) atoms. The fourth-order valence-electron chi connectivity index (χ4n) is 11.9. The SMILES string of the molecule is CCc1c2c(nc3ccc(OCc4ccc(NC(=O)[C@H](CCCNC(N)=O)NC(=O)[C@@H](NC(=O)CCCCN5C(=O)CC(SCCOCCOCCOc6cc(O)c(C(=O)CCc7ccc(O)cc7)c(O)c6)C5=O)C(C)C)cc4)cc13)-c1cc3c(c(=O)n1C2)COC(=O)[C@]3(O)CC. The number of phenols is 3. The smallest absolute Gasteiger partial charge is 0.343 e. The second-order valence-electron chi connectivity index (χ2n) is 24.2. The van der Waals surface area contributed by atoms with Gasteiger partial charge < -0.3 is 75.7 Å². The van der Waals surface area contributed by atoms with Gasteiger partial charge in [0.1, 0.15) is 66.2 Å². The summed E-state index contributed by atoms with van der Waals surface area (Å²) in [5.74, 6) is -3.40. The molecule has 0 spiro atoms. The van der Waals surface area contributed by atoms with Gasteiger partial charge in [-0.25, -0.2) is 14.6 Å². The van der Waals surface area contributed by atoms with E-state index in [-0.39, 0.29) is 143 Å². The molecule has 3 aliphatic heterocycles. The number of ether oxygens (including phenoxy) is 5. The van der Waals surface area contributed by atoms with E-state index in [2.05, 4.69) is 21.3 Å². The number of benzene rings is 4. The normalized spacial score (nSPS) is 16.1. The molecule has 516 valence electrons. The Morgan fingerprint density at radius 1 is 0.794 bits per heavy atom. The maximum Gasteiger partial charge on any atom is 0.343 e.